The standard InChI is InChI=1S/C10H18N4O2/c1-4-6-15-9-12-8(11-3)13-10(14-9)16-7-5-2/h4-7H2,1-3H3,(H,11,12,13,14). The zero-order valence-corrected chi connectivity index (χ0v) is 9.99. The zero-order chi connectivity index (χ0) is 11.8. The molecule has 0 aliphatic heterocycles. The molecule has 1 heterocycles. The van der Waals surface area contributed by atoms with Gasteiger partial charge < -0.3 is 14.8 Å². The highest BCUT2D eigenvalue weighted by molar-refractivity contribution is 5.26. The molecule has 0 aliphatic carbocycles. The normalized spacial score (nSPS) is 9.94. The Morgan fingerprint density at radius 1 is 0.938 bits per heavy atom. The summed E-state index contributed by atoms with van der Waals surface area (Å²) < 4.78 is 10.7. The smallest absolute Gasteiger partial charge is 0.324 e. The van der Waals surface area contributed by atoms with Gasteiger partial charge in [-0.25, -0.2) is 0 Å². The van der Waals surface area contributed by atoms with Gasteiger partial charge in [-0.15, -0.1) is 4.98 Å². The number of hydrogen-bond acceptors (Lipinski definition) is 6. The molecule has 0 saturated carbocycles. The Labute approximate surface area is 95.4 Å². The highest BCUT2D eigenvalue weighted by atomic mass is 16.5. The summed E-state index contributed by atoms with van der Waals surface area (Å²) in [5.74, 6) is 0.451. The van der Waals surface area contributed by atoms with Crippen molar-refractivity contribution in [3.63, 3.8) is 0 Å². The summed E-state index contributed by atoms with van der Waals surface area (Å²) in [4.78, 5) is 12.2. The highest BCUT2D eigenvalue weighted by Crippen LogP contribution is 2.12. The molecule has 6 heteroatoms. The molecule has 90 valence electrons. The van der Waals surface area contributed by atoms with Crippen molar-refractivity contribution in [2.45, 2.75) is 26.7 Å². The molecule has 0 bridgehead atoms. The van der Waals surface area contributed by atoms with E-state index < -0.39 is 0 Å². The maximum Gasteiger partial charge on any atom is 0.324 e. The van der Waals surface area contributed by atoms with Gasteiger partial charge in [0.2, 0.25) is 5.95 Å². The molecule has 1 rings (SSSR count). The Bertz CT molecular complexity index is 293. The van der Waals surface area contributed by atoms with Crippen molar-refractivity contribution in [1.82, 2.24) is 15.0 Å². The van der Waals surface area contributed by atoms with Crippen LogP contribution in [0.25, 0.3) is 0 Å². The molecule has 0 aromatic carbocycles. The predicted octanol–water partition coefficient (Wildman–Crippen LogP) is 1.49. The van der Waals surface area contributed by atoms with Crippen LogP contribution in [0.2, 0.25) is 0 Å². The Morgan fingerprint density at radius 2 is 1.44 bits per heavy atom. The van der Waals surface area contributed by atoms with Crippen LogP contribution in [0.5, 0.6) is 12.0 Å². The van der Waals surface area contributed by atoms with E-state index in [0.29, 0.717) is 31.2 Å². The lowest BCUT2D eigenvalue weighted by Crippen LogP contribution is -2.08. The van der Waals surface area contributed by atoms with Crippen LogP contribution in [0.3, 0.4) is 0 Å². The van der Waals surface area contributed by atoms with E-state index in [0.717, 1.165) is 12.8 Å². The minimum absolute atomic E-state index is 0.298. The van der Waals surface area contributed by atoms with Crippen LogP contribution >= 0.6 is 0 Å². The molecule has 1 N–H and O–H groups in total. The van der Waals surface area contributed by atoms with Crippen LogP contribution in [0.15, 0.2) is 0 Å². The van der Waals surface area contributed by atoms with Crippen LogP contribution in [0.4, 0.5) is 5.95 Å². The number of aromatic nitrogens is 3. The lowest BCUT2D eigenvalue weighted by atomic mass is 10.5. The second-order valence-electron chi connectivity index (χ2n) is 3.17. The van der Waals surface area contributed by atoms with Gasteiger partial charge in [0.05, 0.1) is 13.2 Å². The SMILES string of the molecule is CCCOc1nc(NC)nc(OCCC)n1. The van der Waals surface area contributed by atoms with Crippen molar-refractivity contribution in [2.75, 3.05) is 25.6 Å². The summed E-state index contributed by atoms with van der Waals surface area (Å²) in [5, 5.41) is 2.84. The van der Waals surface area contributed by atoms with Crippen molar-refractivity contribution >= 4 is 5.95 Å². The number of nitrogens with one attached hydrogen (secondary N) is 1. The molecule has 16 heavy (non-hydrogen) atoms. The van der Waals surface area contributed by atoms with E-state index >= 15 is 0 Å². The average molecular weight is 226 g/mol. The van der Waals surface area contributed by atoms with Gasteiger partial charge in [-0.05, 0) is 12.8 Å². The fourth-order valence-corrected chi connectivity index (χ4v) is 0.966. The van der Waals surface area contributed by atoms with E-state index in [-0.39, 0.29) is 0 Å². The van der Waals surface area contributed by atoms with Gasteiger partial charge in [0.25, 0.3) is 0 Å². The van der Waals surface area contributed by atoms with Gasteiger partial charge in [-0.2, -0.15) is 9.97 Å². The Kier molecular flexibility index (Phi) is 5.31. The van der Waals surface area contributed by atoms with Crippen molar-refractivity contribution in [1.29, 1.82) is 0 Å². The summed E-state index contributed by atoms with van der Waals surface area (Å²) in [6.07, 6.45) is 1.82. The van der Waals surface area contributed by atoms with E-state index in [1.165, 1.54) is 0 Å². The molecule has 0 spiro atoms. The van der Waals surface area contributed by atoms with Crippen LogP contribution in [-0.4, -0.2) is 35.2 Å². The maximum absolute atomic E-state index is 5.34. The molecular weight excluding hydrogens is 208 g/mol. The molecular formula is C10H18N4O2. The quantitative estimate of drug-likeness (QED) is 0.759. The van der Waals surface area contributed by atoms with Crippen molar-refractivity contribution < 1.29 is 9.47 Å². The lowest BCUT2D eigenvalue weighted by molar-refractivity contribution is 0.262. The number of rotatable bonds is 7. The Morgan fingerprint density at radius 3 is 1.81 bits per heavy atom. The lowest BCUT2D eigenvalue weighted by Gasteiger charge is -2.07. The van der Waals surface area contributed by atoms with E-state index in [2.05, 4.69) is 20.3 Å². The highest BCUT2D eigenvalue weighted by Gasteiger charge is 2.06. The monoisotopic (exact) mass is 226 g/mol. The van der Waals surface area contributed by atoms with Crippen molar-refractivity contribution in [3.05, 3.63) is 0 Å². The Hall–Kier alpha value is -1.59. The molecule has 1 aromatic rings. The zero-order valence-electron chi connectivity index (χ0n) is 9.99. The van der Waals surface area contributed by atoms with Gasteiger partial charge in [0, 0.05) is 7.05 Å². The third kappa shape index (κ3) is 3.88. The maximum atomic E-state index is 5.34. The van der Waals surface area contributed by atoms with E-state index in [1.807, 2.05) is 13.8 Å². The van der Waals surface area contributed by atoms with E-state index in [1.54, 1.807) is 7.05 Å². The van der Waals surface area contributed by atoms with Crippen molar-refractivity contribution in [3.8, 4) is 12.0 Å². The van der Waals surface area contributed by atoms with Crippen LogP contribution < -0.4 is 14.8 Å². The van der Waals surface area contributed by atoms with Crippen LogP contribution in [0, 0.1) is 0 Å². The third-order valence-electron chi connectivity index (χ3n) is 1.69. The predicted molar refractivity (Wildman–Crippen MR) is 60.9 cm³/mol. The number of anilines is 1. The summed E-state index contributed by atoms with van der Waals surface area (Å²) >= 11 is 0. The van der Waals surface area contributed by atoms with Crippen molar-refractivity contribution in [2.24, 2.45) is 0 Å². The van der Waals surface area contributed by atoms with Gasteiger partial charge in [0.1, 0.15) is 0 Å². The second kappa shape index (κ2) is 6.81. The molecule has 0 aliphatic rings. The first-order valence-corrected chi connectivity index (χ1v) is 5.49. The van der Waals surface area contributed by atoms with Gasteiger partial charge in [0.15, 0.2) is 0 Å². The fourth-order valence-electron chi connectivity index (χ4n) is 0.966. The number of nitrogens with zero attached hydrogens (tertiary/aromatic N) is 3. The molecule has 0 saturated heterocycles. The fraction of sp³-hybridized carbons (Fsp3) is 0.700. The summed E-state index contributed by atoms with van der Waals surface area (Å²) in [7, 11) is 1.74. The third-order valence-corrected chi connectivity index (χ3v) is 1.69. The molecule has 0 fully saturated rings. The molecule has 0 amide bonds. The first-order chi connectivity index (χ1) is 7.80. The second-order valence-corrected chi connectivity index (χ2v) is 3.17. The molecule has 0 atom stereocenters. The average Bonchev–Trinajstić information content (AvgIpc) is 2.33. The van der Waals surface area contributed by atoms with E-state index in [4.69, 9.17) is 9.47 Å². The molecule has 0 unspecified atom stereocenters. The van der Waals surface area contributed by atoms with Gasteiger partial charge in [-0.3, -0.25) is 0 Å². The number of ether oxygens (including phenoxy) is 2. The largest absolute Gasteiger partial charge is 0.463 e. The first-order valence-electron chi connectivity index (χ1n) is 5.49. The minimum Gasteiger partial charge on any atom is -0.463 e. The molecule has 6 nitrogen and oxygen atoms in total. The minimum atomic E-state index is 0.298. The Balaban J connectivity index is 2.74. The van der Waals surface area contributed by atoms with Gasteiger partial charge in [-0.1, -0.05) is 13.8 Å². The topological polar surface area (TPSA) is 69.2 Å². The summed E-state index contributed by atoms with van der Waals surface area (Å²) in [5.41, 5.74) is 0. The van der Waals surface area contributed by atoms with Crippen LogP contribution in [0.1, 0.15) is 26.7 Å². The summed E-state index contributed by atoms with van der Waals surface area (Å²) in [6, 6.07) is 0.597. The van der Waals surface area contributed by atoms with Gasteiger partial charge >= 0.3 is 12.0 Å². The van der Waals surface area contributed by atoms with E-state index in [9.17, 15) is 0 Å². The molecule has 1 aromatic heterocycles. The number of hydrogen-bond donors (Lipinski definition) is 1. The first kappa shape index (κ1) is 12.5. The molecule has 0 radical (unpaired) electrons. The summed E-state index contributed by atoms with van der Waals surface area (Å²) in [6.45, 7) is 5.21. The van der Waals surface area contributed by atoms with Crippen LogP contribution in [-0.2, 0) is 0 Å².